The van der Waals surface area contributed by atoms with Gasteiger partial charge in [0.25, 0.3) is 0 Å². The van der Waals surface area contributed by atoms with Gasteiger partial charge in [-0.3, -0.25) is 0 Å². The molecule has 3 aromatic rings. The number of fused-ring (bicyclic) bond motifs is 1. The Labute approximate surface area is 135 Å². The lowest BCUT2D eigenvalue weighted by molar-refractivity contribution is 1.46. The monoisotopic (exact) mass is 416 g/mol. The van der Waals surface area contributed by atoms with Crippen LogP contribution in [-0.4, -0.2) is 4.98 Å². The quantitative estimate of drug-likeness (QED) is 0.513. The van der Waals surface area contributed by atoms with Crippen molar-refractivity contribution in [1.82, 2.24) is 4.98 Å². The first-order valence-electron chi connectivity index (χ1n) is 5.35. The second-order valence-corrected chi connectivity index (χ2v) is 7.22. The summed E-state index contributed by atoms with van der Waals surface area (Å²) < 4.78 is 2.91. The molecule has 0 saturated heterocycles. The summed E-state index contributed by atoms with van der Waals surface area (Å²) >= 11 is 14.5. The lowest BCUT2D eigenvalue weighted by Gasteiger charge is -2.05. The van der Waals surface area contributed by atoms with Crippen LogP contribution in [0.4, 0.5) is 5.69 Å². The molecule has 0 amide bonds. The Morgan fingerprint density at radius 2 is 1.95 bits per heavy atom. The summed E-state index contributed by atoms with van der Waals surface area (Å²) in [5, 5.41) is 1.57. The van der Waals surface area contributed by atoms with Crippen molar-refractivity contribution in [3.8, 4) is 10.6 Å². The second kappa shape index (κ2) is 5.05. The molecule has 0 atom stereocenters. The molecule has 19 heavy (non-hydrogen) atoms. The van der Waals surface area contributed by atoms with E-state index in [0.717, 1.165) is 29.7 Å². The summed E-state index contributed by atoms with van der Waals surface area (Å²) in [4.78, 5) is 4.60. The number of thiazole rings is 1. The third-order valence-corrected chi connectivity index (χ3v) is 5.09. The molecule has 1 aromatic heterocycles. The average molecular weight is 419 g/mol. The molecule has 0 aliphatic carbocycles. The summed E-state index contributed by atoms with van der Waals surface area (Å²) in [7, 11) is 0. The number of nitrogens with two attached hydrogens (primary N) is 1. The summed E-state index contributed by atoms with van der Waals surface area (Å²) in [5.74, 6) is 0. The molecule has 0 fully saturated rings. The molecule has 0 radical (unpaired) electrons. The fourth-order valence-corrected chi connectivity index (χ4v) is 4.15. The van der Waals surface area contributed by atoms with Crippen LogP contribution >= 0.6 is 54.8 Å². The van der Waals surface area contributed by atoms with Gasteiger partial charge in [-0.1, -0.05) is 27.5 Å². The van der Waals surface area contributed by atoms with E-state index in [1.807, 2.05) is 30.3 Å². The Balaban J connectivity index is 2.24. The Kier molecular flexibility index (Phi) is 3.55. The summed E-state index contributed by atoms with van der Waals surface area (Å²) in [6.45, 7) is 0. The first kappa shape index (κ1) is 13.4. The molecule has 3 rings (SSSR count). The van der Waals surface area contributed by atoms with Crippen molar-refractivity contribution >= 4 is 70.7 Å². The van der Waals surface area contributed by atoms with Gasteiger partial charge in [0.15, 0.2) is 0 Å². The first-order chi connectivity index (χ1) is 9.04. The van der Waals surface area contributed by atoms with Gasteiger partial charge in [0, 0.05) is 19.5 Å². The minimum absolute atomic E-state index is 0.688. The van der Waals surface area contributed by atoms with E-state index >= 15 is 0 Å². The highest BCUT2D eigenvalue weighted by molar-refractivity contribution is 9.11. The third kappa shape index (κ3) is 2.52. The van der Waals surface area contributed by atoms with Gasteiger partial charge in [-0.25, -0.2) is 4.98 Å². The SMILES string of the molecule is Nc1c(Br)cc(Br)cc1-c1nc2cc(Cl)ccc2s1. The van der Waals surface area contributed by atoms with Crippen LogP contribution in [0.3, 0.4) is 0 Å². The number of hydrogen-bond donors (Lipinski definition) is 1. The molecule has 2 nitrogen and oxygen atoms in total. The number of nitrogens with zero attached hydrogens (tertiary/aromatic N) is 1. The molecule has 96 valence electrons. The van der Waals surface area contributed by atoms with Gasteiger partial charge in [0.1, 0.15) is 5.01 Å². The highest BCUT2D eigenvalue weighted by Gasteiger charge is 2.12. The second-order valence-electron chi connectivity index (χ2n) is 3.98. The van der Waals surface area contributed by atoms with Crippen LogP contribution < -0.4 is 5.73 Å². The van der Waals surface area contributed by atoms with Crippen LogP contribution in [0.5, 0.6) is 0 Å². The maximum Gasteiger partial charge on any atom is 0.126 e. The van der Waals surface area contributed by atoms with E-state index in [9.17, 15) is 0 Å². The van der Waals surface area contributed by atoms with E-state index in [0.29, 0.717) is 10.7 Å². The smallest absolute Gasteiger partial charge is 0.126 e. The van der Waals surface area contributed by atoms with Crippen LogP contribution in [0.2, 0.25) is 5.02 Å². The van der Waals surface area contributed by atoms with Gasteiger partial charge in [0.2, 0.25) is 0 Å². The van der Waals surface area contributed by atoms with Crippen molar-refractivity contribution < 1.29 is 0 Å². The number of nitrogen functional groups attached to an aromatic ring is 1. The van der Waals surface area contributed by atoms with Crippen molar-refractivity contribution in [2.24, 2.45) is 0 Å². The largest absolute Gasteiger partial charge is 0.397 e. The Hall–Kier alpha value is -0.620. The fourth-order valence-electron chi connectivity index (χ4n) is 1.78. The van der Waals surface area contributed by atoms with Gasteiger partial charge >= 0.3 is 0 Å². The molecule has 1 heterocycles. The van der Waals surface area contributed by atoms with Crippen molar-refractivity contribution in [3.05, 3.63) is 44.3 Å². The molecule has 0 bridgehead atoms. The van der Waals surface area contributed by atoms with E-state index in [1.165, 1.54) is 0 Å². The Morgan fingerprint density at radius 1 is 1.16 bits per heavy atom. The first-order valence-corrected chi connectivity index (χ1v) is 8.13. The van der Waals surface area contributed by atoms with Gasteiger partial charge in [-0.15, -0.1) is 11.3 Å². The van der Waals surface area contributed by atoms with Gasteiger partial charge < -0.3 is 5.73 Å². The van der Waals surface area contributed by atoms with Gasteiger partial charge in [-0.05, 0) is 46.3 Å². The average Bonchev–Trinajstić information content (AvgIpc) is 2.76. The maximum absolute atomic E-state index is 6.11. The van der Waals surface area contributed by atoms with Crippen LogP contribution in [0.1, 0.15) is 0 Å². The zero-order valence-corrected chi connectivity index (χ0v) is 14.2. The van der Waals surface area contributed by atoms with E-state index in [-0.39, 0.29) is 0 Å². The minimum atomic E-state index is 0.688. The van der Waals surface area contributed by atoms with Crippen molar-refractivity contribution in [2.45, 2.75) is 0 Å². The molecule has 0 saturated carbocycles. The van der Waals surface area contributed by atoms with Crippen molar-refractivity contribution in [3.63, 3.8) is 0 Å². The maximum atomic E-state index is 6.11. The number of anilines is 1. The van der Waals surface area contributed by atoms with Crippen molar-refractivity contribution in [2.75, 3.05) is 5.73 Å². The van der Waals surface area contributed by atoms with E-state index in [4.69, 9.17) is 17.3 Å². The zero-order chi connectivity index (χ0) is 13.6. The van der Waals surface area contributed by atoms with Gasteiger partial charge in [0.05, 0.1) is 15.9 Å². The fraction of sp³-hybridized carbons (Fsp3) is 0. The van der Waals surface area contributed by atoms with E-state index in [1.54, 1.807) is 11.3 Å². The topological polar surface area (TPSA) is 38.9 Å². The van der Waals surface area contributed by atoms with Crippen LogP contribution in [0, 0.1) is 0 Å². The molecule has 0 spiro atoms. The van der Waals surface area contributed by atoms with E-state index in [2.05, 4.69) is 36.8 Å². The molecular weight excluding hydrogens is 411 g/mol. The third-order valence-electron chi connectivity index (χ3n) is 2.67. The Morgan fingerprint density at radius 3 is 2.74 bits per heavy atom. The highest BCUT2D eigenvalue weighted by Crippen LogP contribution is 2.39. The molecule has 6 heteroatoms. The summed E-state index contributed by atoms with van der Waals surface area (Å²) in [6.07, 6.45) is 0. The standard InChI is InChI=1S/C13H7Br2ClN2S/c14-6-3-8(12(17)9(15)4-6)13-18-10-5-7(16)1-2-11(10)19-13/h1-5H,17H2. The Bertz CT molecular complexity index is 786. The number of hydrogen-bond acceptors (Lipinski definition) is 3. The summed E-state index contributed by atoms with van der Waals surface area (Å²) in [5.41, 5.74) is 8.60. The summed E-state index contributed by atoms with van der Waals surface area (Å²) in [6, 6.07) is 9.59. The lowest BCUT2D eigenvalue weighted by Crippen LogP contribution is -1.91. The minimum Gasteiger partial charge on any atom is -0.397 e. The van der Waals surface area contributed by atoms with Crippen LogP contribution in [0.25, 0.3) is 20.8 Å². The molecule has 0 aliphatic heterocycles. The highest BCUT2D eigenvalue weighted by atomic mass is 79.9. The molecule has 2 N–H and O–H groups in total. The van der Waals surface area contributed by atoms with E-state index < -0.39 is 0 Å². The molecular formula is C13H7Br2ClN2S. The van der Waals surface area contributed by atoms with Crippen molar-refractivity contribution in [1.29, 1.82) is 0 Å². The molecule has 0 aliphatic rings. The van der Waals surface area contributed by atoms with Gasteiger partial charge in [-0.2, -0.15) is 0 Å². The molecule has 0 unspecified atom stereocenters. The van der Waals surface area contributed by atoms with Crippen LogP contribution in [-0.2, 0) is 0 Å². The number of benzene rings is 2. The molecule has 2 aromatic carbocycles. The normalized spacial score (nSPS) is 11.1. The number of halogens is 3. The zero-order valence-electron chi connectivity index (χ0n) is 9.45. The number of aromatic nitrogens is 1. The predicted octanol–water partition coefficient (Wildman–Crippen LogP) is 5.72. The number of rotatable bonds is 1. The van der Waals surface area contributed by atoms with Crippen LogP contribution in [0.15, 0.2) is 39.3 Å². The predicted molar refractivity (Wildman–Crippen MR) is 89.9 cm³/mol. The lowest BCUT2D eigenvalue weighted by atomic mass is 10.2.